The van der Waals surface area contributed by atoms with Gasteiger partial charge in [-0.1, -0.05) is 29.8 Å². The zero-order valence-electron chi connectivity index (χ0n) is 16.2. The molecule has 144 valence electrons. The van der Waals surface area contributed by atoms with Crippen LogP contribution in [0.25, 0.3) is 0 Å². The average Bonchev–Trinajstić information content (AvgIpc) is 2.63. The third kappa shape index (κ3) is 6.61. The van der Waals surface area contributed by atoms with Crippen LogP contribution in [0.4, 0.5) is 4.39 Å². The number of carbonyl (C=O) groups is 2. The van der Waals surface area contributed by atoms with Crippen molar-refractivity contribution in [2.75, 3.05) is 20.6 Å². The second-order valence-corrected chi connectivity index (χ2v) is 6.98. The molecule has 1 amide bonds. The third-order valence-corrected chi connectivity index (χ3v) is 4.55. The molecule has 2 aromatic rings. The predicted molar refractivity (Wildman–Crippen MR) is 105 cm³/mol. The van der Waals surface area contributed by atoms with Crippen molar-refractivity contribution in [2.24, 2.45) is 0 Å². The van der Waals surface area contributed by atoms with Gasteiger partial charge in [-0.05, 0) is 57.3 Å². The van der Waals surface area contributed by atoms with E-state index in [1.807, 2.05) is 21.0 Å². The molecule has 4 nitrogen and oxygen atoms in total. The van der Waals surface area contributed by atoms with Gasteiger partial charge in [-0.3, -0.25) is 9.59 Å². The van der Waals surface area contributed by atoms with E-state index in [4.69, 9.17) is 0 Å². The fourth-order valence-electron chi connectivity index (χ4n) is 2.88. The van der Waals surface area contributed by atoms with Crippen molar-refractivity contribution in [3.63, 3.8) is 0 Å². The van der Waals surface area contributed by atoms with Crippen LogP contribution < -0.4 is 5.32 Å². The Hall–Kier alpha value is -2.53. The lowest BCUT2D eigenvalue weighted by Crippen LogP contribution is -2.34. The van der Waals surface area contributed by atoms with Gasteiger partial charge in [0.25, 0.3) is 0 Å². The smallest absolute Gasteiger partial charge is 0.220 e. The molecule has 2 aromatic carbocycles. The predicted octanol–water partition coefficient (Wildman–Crippen LogP) is 3.91. The van der Waals surface area contributed by atoms with E-state index in [1.54, 1.807) is 0 Å². The summed E-state index contributed by atoms with van der Waals surface area (Å²) in [5.74, 6) is -0.510. The van der Waals surface area contributed by atoms with E-state index in [0.29, 0.717) is 24.9 Å². The van der Waals surface area contributed by atoms with E-state index < -0.39 is 0 Å². The first kappa shape index (κ1) is 20.8. The largest absolute Gasteiger partial charge is 0.354 e. The van der Waals surface area contributed by atoms with Crippen LogP contribution in [0.3, 0.4) is 0 Å². The van der Waals surface area contributed by atoms with Gasteiger partial charge in [0.15, 0.2) is 5.78 Å². The van der Waals surface area contributed by atoms with Crippen molar-refractivity contribution in [2.45, 2.75) is 32.2 Å². The Morgan fingerprint density at radius 1 is 1.00 bits per heavy atom. The molecule has 0 aliphatic rings. The first-order valence-electron chi connectivity index (χ1n) is 9.15. The van der Waals surface area contributed by atoms with Crippen LogP contribution in [0.5, 0.6) is 0 Å². The van der Waals surface area contributed by atoms with E-state index in [-0.39, 0.29) is 30.0 Å². The molecule has 1 N–H and O–H groups in total. The van der Waals surface area contributed by atoms with Crippen molar-refractivity contribution < 1.29 is 14.0 Å². The summed E-state index contributed by atoms with van der Waals surface area (Å²) in [4.78, 5) is 26.2. The van der Waals surface area contributed by atoms with Gasteiger partial charge in [0.05, 0.1) is 6.04 Å². The number of likely N-dealkylation sites (N-methyl/N-ethyl adjacent to an activating group) is 1. The highest BCUT2D eigenvalue weighted by molar-refractivity contribution is 5.96. The molecule has 0 saturated heterocycles. The summed E-state index contributed by atoms with van der Waals surface area (Å²) in [7, 11) is 3.97. The normalized spacial score (nSPS) is 12.0. The van der Waals surface area contributed by atoms with Crippen LogP contribution in [0.2, 0.25) is 0 Å². The van der Waals surface area contributed by atoms with Crippen LogP contribution in [0.1, 0.15) is 46.8 Å². The van der Waals surface area contributed by atoms with Crippen LogP contribution >= 0.6 is 0 Å². The number of amides is 1. The van der Waals surface area contributed by atoms with Crippen LogP contribution in [0, 0.1) is 12.7 Å². The lowest BCUT2D eigenvalue weighted by atomic mass is 10.0. The molecule has 2 rings (SSSR count). The number of carbonyl (C=O) groups excluding carboxylic acids is 2. The Bertz CT molecular complexity index is 755. The number of benzene rings is 2. The minimum Gasteiger partial charge on any atom is -0.354 e. The van der Waals surface area contributed by atoms with Crippen molar-refractivity contribution in [1.82, 2.24) is 10.2 Å². The Kier molecular flexibility index (Phi) is 7.67. The topological polar surface area (TPSA) is 49.4 Å². The monoisotopic (exact) mass is 370 g/mol. The summed E-state index contributed by atoms with van der Waals surface area (Å²) < 4.78 is 12.9. The first-order chi connectivity index (χ1) is 12.9. The fourth-order valence-corrected chi connectivity index (χ4v) is 2.88. The van der Waals surface area contributed by atoms with E-state index >= 15 is 0 Å². The number of ketones is 1. The molecule has 0 saturated carbocycles. The van der Waals surface area contributed by atoms with Crippen molar-refractivity contribution >= 4 is 11.7 Å². The molecule has 0 aliphatic carbocycles. The van der Waals surface area contributed by atoms with E-state index in [2.05, 4.69) is 34.5 Å². The molecule has 0 spiro atoms. The van der Waals surface area contributed by atoms with E-state index in [0.717, 1.165) is 5.56 Å². The van der Waals surface area contributed by atoms with Gasteiger partial charge in [-0.2, -0.15) is 0 Å². The minimum atomic E-state index is -0.366. The highest BCUT2D eigenvalue weighted by Gasteiger charge is 2.15. The molecule has 0 fully saturated rings. The van der Waals surface area contributed by atoms with Gasteiger partial charge in [-0.15, -0.1) is 0 Å². The lowest BCUT2D eigenvalue weighted by Gasteiger charge is -2.25. The Morgan fingerprint density at radius 2 is 1.63 bits per heavy atom. The second-order valence-electron chi connectivity index (χ2n) is 6.98. The number of hydrogen-bond acceptors (Lipinski definition) is 3. The zero-order valence-corrected chi connectivity index (χ0v) is 16.2. The highest BCUT2D eigenvalue weighted by Crippen LogP contribution is 2.18. The van der Waals surface area contributed by atoms with Gasteiger partial charge in [0.1, 0.15) is 5.82 Å². The number of rotatable bonds is 9. The molecular weight excluding hydrogens is 343 g/mol. The number of aryl methyl sites for hydroxylation is 1. The van der Waals surface area contributed by atoms with Crippen LogP contribution in [-0.4, -0.2) is 37.2 Å². The maximum absolute atomic E-state index is 12.9. The lowest BCUT2D eigenvalue weighted by molar-refractivity contribution is -0.121. The second kappa shape index (κ2) is 9.97. The standard InChI is InChI=1S/C22H27FN2O2/c1-16-7-9-17(10-8-16)20(25(2)3)15-24-22(27)6-4-5-21(26)18-11-13-19(23)14-12-18/h7-14,20H,4-6,15H2,1-3H3,(H,24,27). The Morgan fingerprint density at radius 3 is 2.22 bits per heavy atom. The third-order valence-electron chi connectivity index (χ3n) is 4.55. The molecule has 27 heavy (non-hydrogen) atoms. The number of nitrogens with zero attached hydrogens (tertiary/aromatic N) is 1. The van der Waals surface area contributed by atoms with Crippen LogP contribution in [-0.2, 0) is 4.79 Å². The van der Waals surface area contributed by atoms with Crippen LogP contribution in [0.15, 0.2) is 48.5 Å². The van der Waals surface area contributed by atoms with E-state index in [1.165, 1.54) is 29.8 Å². The molecule has 0 bridgehead atoms. The molecule has 1 atom stereocenters. The summed E-state index contributed by atoms with van der Waals surface area (Å²) in [6.07, 6.45) is 1.04. The maximum Gasteiger partial charge on any atom is 0.220 e. The minimum absolute atomic E-state index is 0.0686. The molecule has 0 heterocycles. The summed E-state index contributed by atoms with van der Waals surface area (Å²) in [6, 6.07) is 13.9. The average molecular weight is 370 g/mol. The first-order valence-corrected chi connectivity index (χ1v) is 9.15. The van der Waals surface area contributed by atoms with Gasteiger partial charge in [0.2, 0.25) is 5.91 Å². The van der Waals surface area contributed by atoms with Gasteiger partial charge >= 0.3 is 0 Å². The number of nitrogens with one attached hydrogen (secondary N) is 1. The molecule has 0 aliphatic heterocycles. The number of Topliss-reactive ketones (excluding diaryl/α,β-unsaturated/α-hetero) is 1. The fraction of sp³-hybridized carbons (Fsp3) is 0.364. The van der Waals surface area contributed by atoms with Gasteiger partial charge in [0, 0.05) is 24.9 Å². The SMILES string of the molecule is Cc1ccc(C(CNC(=O)CCCC(=O)c2ccc(F)cc2)N(C)C)cc1. The summed E-state index contributed by atoms with van der Waals surface area (Å²) in [6.45, 7) is 2.56. The zero-order chi connectivity index (χ0) is 19.8. The van der Waals surface area contributed by atoms with Gasteiger partial charge < -0.3 is 10.2 Å². The van der Waals surface area contributed by atoms with Crippen molar-refractivity contribution in [3.05, 3.63) is 71.0 Å². The van der Waals surface area contributed by atoms with Crippen molar-refractivity contribution in [3.8, 4) is 0 Å². The van der Waals surface area contributed by atoms with Gasteiger partial charge in [-0.25, -0.2) is 4.39 Å². The Labute approximate surface area is 160 Å². The summed E-state index contributed by atoms with van der Waals surface area (Å²) in [5, 5.41) is 2.96. The van der Waals surface area contributed by atoms with E-state index in [9.17, 15) is 14.0 Å². The summed E-state index contributed by atoms with van der Waals surface area (Å²) in [5.41, 5.74) is 2.83. The maximum atomic E-state index is 12.9. The molecule has 0 aromatic heterocycles. The molecule has 1 unspecified atom stereocenters. The quantitative estimate of drug-likeness (QED) is 0.681. The number of halogens is 1. The van der Waals surface area contributed by atoms with Crippen molar-refractivity contribution in [1.29, 1.82) is 0 Å². The molecule has 5 heteroatoms. The Balaban J connectivity index is 1.78. The molecular formula is C22H27FN2O2. The summed E-state index contributed by atoms with van der Waals surface area (Å²) >= 11 is 0. The highest BCUT2D eigenvalue weighted by atomic mass is 19.1. The number of hydrogen-bond donors (Lipinski definition) is 1. The molecule has 0 radical (unpaired) electrons.